The highest BCUT2D eigenvalue weighted by Gasteiger charge is 2.15. The smallest absolute Gasteiger partial charge is 0.261 e. The fourth-order valence-electron chi connectivity index (χ4n) is 2.46. The quantitative estimate of drug-likeness (QED) is 0.689. The molecule has 0 radical (unpaired) electrons. The fourth-order valence-corrected chi connectivity index (χ4v) is 3.80. The van der Waals surface area contributed by atoms with Crippen LogP contribution in [-0.4, -0.2) is 20.4 Å². The predicted octanol–water partition coefficient (Wildman–Crippen LogP) is 4.17. The third-order valence-electron chi connectivity index (χ3n) is 3.76. The summed E-state index contributed by atoms with van der Waals surface area (Å²) in [5, 5.41) is 0.365. The molecule has 3 aromatic rings. The van der Waals surface area contributed by atoms with Gasteiger partial charge in [-0.3, -0.25) is 4.72 Å². The Labute approximate surface area is 158 Å². The summed E-state index contributed by atoms with van der Waals surface area (Å²) in [6.07, 6.45) is 1.50. The molecule has 26 heavy (non-hydrogen) atoms. The molecule has 0 spiro atoms. The van der Waals surface area contributed by atoms with E-state index in [4.69, 9.17) is 11.6 Å². The summed E-state index contributed by atoms with van der Waals surface area (Å²) in [7, 11) is -1.77. The number of anilines is 2. The van der Waals surface area contributed by atoms with E-state index in [0.717, 1.165) is 5.82 Å². The van der Waals surface area contributed by atoms with E-state index in [1.165, 1.54) is 23.9 Å². The molecule has 1 heterocycles. The summed E-state index contributed by atoms with van der Waals surface area (Å²) in [6.45, 7) is 0.710. The molecule has 0 bridgehead atoms. The largest absolute Gasteiger partial charge is 0.355 e. The van der Waals surface area contributed by atoms with E-state index in [1.807, 2.05) is 42.3 Å². The maximum absolute atomic E-state index is 12.4. The minimum atomic E-state index is -3.71. The molecule has 5 nitrogen and oxygen atoms in total. The van der Waals surface area contributed by atoms with Crippen molar-refractivity contribution >= 4 is 33.1 Å². The van der Waals surface area contributed by atoms with Crippen molar-refractivity contribution < 1.29 is 8.42 Å². The molecule has 134 valence electrons. The van der Waals surface area contributed by atoms with Crippen LogP contribution in [0.15, 0.2) is 77.8 Å². The van der Waals surface area contributed by atoms with Gasteiger partial charge in [0.05, 0.1) is 16.8 Å². The van der Waals surface area contributed by atoms with E-state index in [-0.39, 0.29) is 4.90 Å². The van der Waals surface area contributed by atoms with Crippen LogP contribution < -0.4 is 9.62 Å². The SMILES string of the molecule is CN(Cc1ccccc1)c1ccc(NS(=O)(=O)c2cccc(Cl)c2)cn1. The molecule has 0 saturated heterocycles. The van der Waals surface area contributed by atoms with E-state index in [0.29, 0.717) is 17.3 Å². The van der Waals surface area contributed by atoms with Crippen molar-refractivity contribution in [3.05, 3.63) is 83.5 Å². The molecular formula is C19H18ClN3O2S. The molecule has 1 aromatic heterocycles. The molecule has 0 unspecified atom stereocenters. The van der Waals surface area contributed by atoms with Crippen molar-refractivity contribution in [3.63, 3.8) is 0 Å². The van der Waals surface area contributed by atoms with Crippen LogP contribution >= 0.6 is 11.6 Å². The monoisotopic (exact) mass is 387 g/mol. The van der Waals surface area contributed by atoms with Crippen molar-refractivity contribution in [1.82, 2.24) is 4.98 Å². The average Bonchev–Trinajstić information content (AvgIpc) is 2.63. The summed E-state index contributed by atoms with van der Waals surface area (Å²) in [5.41, 5.74) is 1.56. The minimum absolute atomic E-state index is 0.107. The number of nitrogens with one attached hydrogen (secondary N) is 1. The minimum Gasteiger partial charge on any atom is -0.355 e. The summed E-state index contributed by atoms with van der Waals surface area (Å²) in [5.74, 6) is 0.750. The van der Waals surface area contributed by atoms with E-state index >= 15 is 0 Å². The second-order valence-corrected chi connectivity index (χ2v) is 7.93. The molecule has 0 aliphatic carbocycles. The molecule has 0 saturated carbocycles. The zero-order chi connectivity index (χ0) is 18.6. The van der Waals surface area contributed by atoms with Crippen LogP contribution in [-0.2, 0) is 16.6 Å². The van der Waals surface area contributed by atoms with E-state index < -0.39 is 10.0 Å². The van der Waals surface area contributed by atoms with Gasteiger partial charge in [-0.1, -0.05) is 48.0 Å². The lowest BCUT2D eigenvalue weighted by Gasteiger charge is -2.18. The Hall–Kier alpha value is -2.57. The first-order valence-electron chi connectivity index (χ1n) is 7.93. The highest BCUT2D eigenvalue weighted by atomic mass is 35.5. The average molecular weight is 388 g/mol. The van der Waals surface area contributed by atoms with Gasteiger partial charge in [0.2, 0.25) is 0 Å². The van der Waals surface area contributed by atoms with Crippen molar-refractivity contribution in [3.8, 4) is 0 Å². The van der Waals surface area contributed by atoms with Crippen molar-refractivity contribution in [2.75, 3.05) is 16.7 Å². The maximum Gasteiger partial charge on any atom is 0.261 e. The van der Waals surface area contributed by atoms with Crippen LogP contribution in [0.3, 0.4) is 0 Å². The number of rotatable bonds is 6. The van der Waals surface area contributed by atoms with Crippen LogP contribution in [0, 0.1) is 0 Å². The van der Waals surface area contributed by atoms with Gasteiger partial charge in [0.15, 0.2) is 0 Å². The second kappa shape index (κ2) is 7.76. The van der Waals surface area contributed by atoms with Crippen LogP contribution in [0.25, 0.3) is 0 Å². The number of hydrogen-bond donors (Lipinski definition) is 1. The van der Waals surface area contributed by atoms with Gasteiger partial charge in [-0.25, -0.2) is 13.4 Å². The maximum atomic E-state index is 12.4. The van der Waals surface area contributed by atoms with Gasteiger partial charge in [0, 0.05) is 18.6 Å². The van der Waals surface area contributed by atoms with Crippen molar-refractivity contribution in [2.24, 2.45) is 0 Å². The Morgan fingerprint density at radius 2 is 1.81 bits per heavy atom. The molecule has 0 fully saturated rings. The van der Waals surface area contributed by atoms with E-state index in [2.05, 4.69) is 9.71 Å². The molecule has 0 amide bonds. The first-order valence-corrected chi connectivity index (χ1v) is 9.80. The second-order valence-electron chi connectivity index (χ2n) is 5.81. The lowest BCUT2D eigenvalue weighted by molar-refractivity contribution is 0.601. The Bertz CT molecular complexity index is 977. The van der Waals surface area contributed by atoms with Gasteiger partial charge in [-0.05, 0) is 35.9 Å². The Kier molecular flexibility index (Phi) is 5.44. The van der Waals surface area contributed by atoms with Crippen LogP contribution in [0.4, 0.5) is 11.5 Å². The van der Waals surface area contributed by atoms with E-state index in [9.17, 15) is 8.42 Å². The van der Waals surface area contributed by atoms with Gasteiger partial charge >= 0.3 is 0 Å². The summed E-state index contributed by atoms with van der Waals surface area (Å²) in [6, 6.07) is 19.6. The van der Waals surface area contributed by atoms with Crippen molar-refractivity contribution in [2.45, 2.75) is 11.4 Å². The topological polar surface area (TPSA) is 62.3 Å². The molecule has 1 N–H and O–H groups in total. The number of nitrogens with zero attached hydrogens (tertiary/aromatic N) is 2. The number of sulfonamides is 1. The molecule has 0 atom stereocenters. The van der Waals surface area contributed by atoms with E-state index in [1.54, 1.807) is 24.3 Å². The Morgan fingerprint density at radius 1 is 1.04 bits per heavy atom. The molecular weight excluding hydrogens is 370 g/mol. The molecule has 0 aliphatic heterocycles. The van der Waals surface area contributed by atoms with Gasteiger partial charge < -0.3 is 4.90 Å². The fraction of sp³-hybridized carbons (Fsp3) is 0.105. The highest BCUT2D eigenvalue weighted by Crippen LogP contribution is 2.20. The van der Waals surface area contributed by atoms with Gasteiger partial charge in [-0.15, -0.1) is 0 Å². The molecule has 3 rings (SSSR count). The zero-order valence-corrected chi connectivity index (χ0v) is 15.7. The third-order valence-corrected chi connectivity index (χ3v) is 5.37. The normalized spacial score (nSPS) is 11.2. The summed E-state index contributed by atoms with van der Waals surface area (Å²) in [4.78, 5) is 6.44. The summed E-state index contributed by atoms with van der Waals surface area (Å²) < 4.78 is 27.3. The van der Waals surface area contributed by atoms with Crippen molar-refractivity contribution in [1.29, 1.82) is 0 Å². The standard InChI is InChI=1S/C19H18ClN3O2S/c1-23(14-15-6-3-2-4-7-15)19-11-10-17(13-21-19)22-26(24,25)18-9-5-8-16(20)12-18/h2-13,22H,14H2,1H3. The highest BCUT2D eigenvalue weighted by molar-refractivity contribution is 7.92. The van der Waals surface area contributed by atoms with Gasteiger partial charge in [0.25, 0.3) is 10.0 Å². The first-order chi connectivity index (χ1) is 12.4. The lowest BCUT2D eigenvalue weighted by atomic mass is 10.2. The predicted molar refractivity (Wildman–Crippen MR) is 105 cm³/mol. The van der Waals surface area contributed by atoms with Crippen LogP contribution in [0.2, 0.25) is 5.02 Å². The number of benzene rings is 2. The molecule has 7 heteroatoms. The van der Waals surface area contributed by atoms with Gasteiger partial charge in [-0.2, -0.15) is 0 Å². The Morgan fingerprint density at radius 3 is 2.46 bits per heavy atom. The lowest BCUT2D eigenvalue weighted by Crippen LogP contribution is -2.18. The molecule has 2 aromatic carbocycles. The zero-order valence-electron chi connectivity index (χ0n) is 14.1. The number of halogens is 1. The van der Waals surface area contributed by atoms with Gasteiger partial charge in [0.1, 0.15) is 5.82 Å². The first kappa shape index (κ1) is 18.2. The van der Waals surface area contributed by atoms with Crippen LogP contribution in [0.5, 0.6) is 0 Å². The molecule has 0 aliphatic rings. The van der Waals surface area contributed by atoms with Crippen LogP contribution in [0.1, 0.15) is 5.56 Å². The number of hydrogen-bond acceptors (Lipinski definition) is 4. The Balaban J connectivity index is 1.71. The number of pyridine rings is 1. The third kappa shape index (κ3) is 4.53. The number of aromatic nitrogens is 1. The summed E-state index contributed by atoms with van der Waals surface area (Å²) >= 11 is 5.87.